The van der Waals surface area contributed by atoms with Crippen molar-refractivity contribution in [1.82, 2.24) is 0 Å². The molecule has 0 aromatic heterocycles. The highest BCUT2D eigenvalue weighted by molar-refractivity contribution is 6.03. The first-order valence-electron chi connectivity index (χ1n) is 12.3. The zero-order chi connectivity index (χ0) is 23.7. The Labute approximate surface area is 199 Å². The monoisotopic (exact) mass is 460 g/mol. The fourth-order valence-corrected chi connectivity index (χ4v) is 5.46. The van der Waals surface area contributed by atoms with E-state index in [1.807, 2.05) is 12.1 Å². The highest BCUT2D eigenvalue weighted by Crippen LogP contribution is 2.38. The molecule has 1 saturated carbocycles. The number of urea groups is 1. The summed E-state index contributed by atoms with van der Waals surface area (Å²) in [7, 11) is 0. The number of amides is 2. The Morgan fingerprint density at radius 2 is 1.59 bits per heavy atom. The predicted octanol–water partition coefficient (Wildman–Crippen LogP) is 7.91. The van der Waals surface area contributed by atoms with E-state index in [0.29, 0.717) is 12.5 Å². The summed E-state index contributed by atoms with van der Waals surface area (Å²) < 4.78 is 26.9. The summed E-state index contributed by atoms with van der Waals surface area (Å²) in [5.41, 5.74) is 5.79. The lowest BCUT2D eigenvalue weighted by Crippen LogP contribution is -2.33. The quantitative estimate of drug-likeness (QED) is 0.421. The highest BCUT2D eigenvalue weighted by Gasteiger charge is 2.25. The molecule has 3 aromatic rings. The minimum Gasteiger partial charge on any atom is -0.307 e. The fraction of sp³-hybridized carbons (Fsp3) is 0.345. The Bertz CT molecular complexity index is 1160. The molecule has 1 fully saturated rings. The molecule has 0 radical (unpaired) electrons. The van der Waals surface area contributed by atoms with Crippen LogP contribution < -0.4 is 10.2 Å². The number of anilines is 2. The number of nitrogens with zero attached hydrogens (tertiary/aromatic N) is 1. The molecule has 0 saturated heterocycles. The van der Waals surface area contributed by atoms with Gasteiger partial charge in [-0.15, -0.1) is 0 Å². The average Bonchev–Trinajstić information content (AvgIpc) is 3.27. The van der Waals surface area contributed by atoms with E-state index >= 15 is 0 Å². The molecule has 1 N–H and O–H groups in total. The molecule has 0 unspecified atom stereocenters. The lowest BCUT2D eigenvalue weighted by Gasteiger charge is -2.28. The van der Waals surface area contributed by atoms with Gasteiger partial charge in [0, 0.05) is 24.0 Å². The van der Waals surface area contributed by atoms with Crippen molar-refractivity contribution in [2.45, 2.75) is 51.4 Å². The van der Waals surface area contributed by atoms with E-state index in [1.165, 1.54) is 43.2 Å². The predicted molar refractivity (Wildman–Crippen MR) is 133 cm³/mol. The normalized spacial score (nSPS) is 19.7. The number of carbonyl (C=O) groups excluding carboxylic acids is 1. The Morgan fingerprint density at radius 1 is 0.912 bits per heavy atom. The van der Waals surface area contributed by atoms with Crippen molar-refractivity contribution >= 4 is 17.4 Å². The topological polar surface area (TPSA) is 32.3 Å². The van der Waals surface area contributed by atoms with Crippen molar-refractivity contribution < 1.29 is 13.6 Å². The lowest BCUT2D eigenvalue weighted by atomic mass is 9.77. The summed E-state index contributed by atoms with van der Waals surface area (Å²) in [6.45, 7) is 2.83. The van der Waals surface area contributed by atoms with Crippen molar-refractivity contribution in [3.05, 3.63) is 83.4 Å². The summed E-state index contributed by atoms with van der Waals surface area (Å²) in [6.07, 6.45) is 7.30. The van der Waals surface area contributed by atoms with Crippen LogP contribution in [0.2, 0.25) is 0 Å². The molecular formula is C29H30F2N2O. The highest BCUT2D eigenvalue weighted by atomic mass is 19.1. The summed E-state index contributed by atoms with van der Waals surface area (Å²) in [6, 6.07) is 17.7. The van der Waals surface area contributed by atoms with Gasteiger partial charge in [0.05, 0.1) is 0 Å². The van der Waals surface area contributed by atoms with Gasteiger partial charge in [-0.05, 0) is 90.5 Å². The maximum atomic E-state index is 13.5. The number of carbonyl (C=O) groups is 1. The van der Waals surface area contributed by atoms with Gasteiger partial charge in [-0.25, -0.2) is 13.6 Å². The molecule has 0 spiro atoms. The van der Waals surface area contributed by atoms with E-state index in [-0.39, 0.29) is 5.69 Å². The van der Waals surface area contributed by atoms with Crippen LogP contribution in [0, 0.1) is 17.6 Å². The van der Waals surface area contributed by atoms with Gasteiger partial charge in [-0.3, -0.25) is 4.90 Å². The Hall–Kier alpha value is -3.21. The van der Waals surface area contributed by atoms with E-state index in [9.17, 15) is 13.6 Å². The first-order chi connectivity index (χ1) is 16.5. The van der Waals surface area contributed by atoms with Crippen LogP contribution in [-0.2, 0) is 6.42 Å². The minimum absolute atomic E-state index is 0.107. The van der Waals surface area contributed by atoms with Gasteiger partial charge in [-0.2, -0.15) is 0 Å². The van der Waals surface area contributed by atoms with Crippen LogP contribution in [0.25, 0.3) is 11.1 Å². The van der Waals surface area contributed by atoms with Crippen LogP contribution in [0.15, 0.2) is 60.7 Å². The molecule has 1 heterocycles. The number of hydrogen-bond acceptors (Lipinski definition) is 1. The van der Waals surface area contributed by atoms with Crippen LogP contribution in [0.3, 0.4) is 0 Å². The van der Waals surface area contributed by atoms with Gasteiger partial charge in [0.25, 0.3) is 0 Å². The van der Waals surface area contributed by atoms with Gasteiger partial charge < -0.3 is 5.32 Å². The van der Waals surface area contributed by atoms with Crippen LogP contribution in [0.4, 0.5) is 25.0 Å². The van der Waals surface area contributed by atoms with Crippen LogP contribution in [0.5, 0.6) is 0 Å². The van der Waals surface area contributed by atoms with E-state index in [1.54, 1.807) is 4.90 Å². The Morgan fingerprint density at radius 3 is 2.26 bits per heavy atom. The summed E-state index contributed by atoms with van der Waals surface area (Å²) in [4.78, 5) is 14.4. The van der Waals surface area contributed by atoms with Crippen molar-refractivity contribution in [1.29, 1.82) is 0 Å². The molecule has 34 heavy (non-hydrogen) atoms. The van der Waals surface area contributed by atoms with E-state index in [0.717, 1.165) is 47.4 Å². The minimum atomic E-state index is -0.721. The number of fused-ring (bicyclic) bond motifs is 1. The third kappa shape index (κ3) is 4.70. The SMILES string of the molecule is CCC1CCC(c2ccc(-c3ccc4c(c3)CCN4C(=O)Nc3cc(F)cc(F)c3)cc2)CC1. The number of rotatable bonds is 4. The first kappa shape index (κ1) is 22.6. The molecule has 2 aliphatic rings. The van der Waals surface area contributed by atoms with Crippen LogP contribution in [-0.4, -0.2) is 12.6 Å². The zero-order valence-corrected chi connectivity index (χ0v) is 19.5. The molecule has 5 heteroatoms. The van der Waals surface area contributed by atoms with Crippen molar-refractivity contribution in [3.63, 3.8) is 0 Å². The summed E-state index contributed by atoms with van der Waals surface area (Å²) >= 11 is 0. The van der Waals surface area contributed by atoms with Crippen molar-refractivity contribution in [3.8, 4) is 11.1 Å². The van der Waals surface area contributed by atoms with E-state index in [2.05, 4.69) is 42.6 Å². The second kappa shape index (κ2) is 9.57. The van der Waals surface area contributed by atoms with Gasteiger partial charge in [-0.1, -0.05) is 43.7 Å². The number of halogens is 2. The first-order valence-corrected chi connectivity index (χ1v) is 12.3. The molecule has 1 aliphatic carbocycles. The third-order valence-electron chi connectivity index (χ3n) is 7.47. The van der Waals surface area contributed by atoms with E-state index < -0.39 is 17.7 Å². The average molecular weight is 461 g/mol. The maximum Gasteiger partial charge on any atom is 0.326 e. The maximum absolute atomic E-state index is 13.5. The molecule has 3 nitrogen and oxygen atoms in total. The molecule has 0 bridgehead atoms. The van der Waals surface area contributed by atoms with Gasteiger partial charge in [0.2, 0.25) is 0 Å². The molecular weight excluding hydrogens is 430 g/mol. The number of hydrogen-bond donors (Lipinski definition) is 1. The standard InChI is InChI=1S/C29H30F2N2O/c1-2-19-3-5-20(6-4-19)21-7-9-22(10-8-21)23-11-12-28-24(15-23)13-14-33(28)29(34)32-27-17-25(30)16-26(31)18-27/h7-12,15-20H,2-6,13-14H2,1H3,(H,32,34). The zero-order valence-electron chi connectivity index (χ0n) is 19.5. The van der Waals surface area contributed by atoms with Gasteiger partial charge >= 0.3 is 6.03 Å². The third-order valence-corrected chi connectivity index (χ3v) is 7.47. The Kier molecular flexibility index (Phi) is 6.36. The smallest absolute Gasteiger partial charge is 0.307 e. The second-order valence-electron chi connectivity index (χ2n) is 9.58. The number of benzene rings is 3. The van der Waals surface area contributed by atoms with Gasteiger partial charge in [0.15, 0.2) is 0 Å². The van der Waals surface area contributed by atoms with E-state index in [4.69, 9.17) is 0 Å². The summed E-state index contributed by atoms with van der Waals surface area (Å²) in [5, 5.41) is 2.60. The van der Waals surface area contributed by atoms with Crippen molar-refractivity contribution in [2.75, 3.05) is 16.8 Å². The fourth-order valence-electron chi connectivity index (χ4n) is 5.46. The Balaban J connectivity index is 1.28. The van der Waals surface area contributed by atoms with Crippen molar-refractivity contribution in [2.24, 2.45) is 5.92 Å². The molecule has 1 aliphatic heterocycles. The molecule has 3 aromatic carbocycles. The molecule has 5 rings (SSSR count). The largest absolute Gasteiger partial charge is 0.326 e. The number of nitrogens with one attached hydrogen (secondary N) is 1. The molecule has 2 amide bonds. The van der Waals surface area contributed by atoms with Crippen LogP contribution in [0.1, 0.15) is 56.1 Å². The summed E-state index contributed by atoms with van der Waals surface area (Å²) in [5.74, 6) is 0.136. The second-order valence-corrected chi connectivity index (χ2v) is 9.58. The molecule has 176 valence electrons. The lowest BCUT2D eigenvalue weighted by molar-refractivity contribution is 0.257. The van der Waals surface area contributed by atoms with Crippen LogP contribution >= 0.6 is 0 Å². The van der Waals surface area contributed by atoms with Gasteiger partial charge in [0.1, 0.15) is 11.6 Å². The molecule has 0 atom stereocenters.